The highest BCUT2D eigenvalue weighted by atomic mass is 32.1. The van der Waals surface area contributed by atoms with Crippen LogP contribution >= 0.6 is 11.3 Å². The molecule has 0 aliphatic rings. The molecular formula is C13H20N4S. The molecule has 5 heteroatoms. The summed E-state index contributed by atoms with van der Waals surface area (Å²) < 4.78 is 2.20. The molecule has 2 heterocycles. The number of nitrogens with zero attached hydrogens (tertiary/aromatic N) is 2. The van der Waals surface area contributed by atoms with E-state index in [2.05, 4.69) is 41.0 Å². The van der Waals surface area contributed by atoms with E-state index in [0.717, 1.165) is 25.2 Å². The third-order valence-electron chi connectivity index (χ3n) is 2.96. The fraction of sp³-hybridized carbons (Fsp3) is 0.462. The Hall–Kier alpha value is -1.17. The number of imidazole rings is 1. The van der Waals surface area contributed by atoms with E-state index in [0.29, 0.717) is 0 Å². The van der Waals surface area contributed by atoms with Crippen LogP contribution in [0.4, 0.5) is 0 Å². The van der Waals surface area contributed by atoms with Gasteiger partial charge in [-0.3, -0.25) is 11.3 Å². The summed E-state index contributed by atoms with van der Waals surface area (Å²) in [5.41, 5.74) is 2.90. The second kappa shape index (κ2) is 6.13. The van der Waals surface area contributed by atoms with Crippen molar-refractivity contribution in [1.29, 1.82) is 0 Å². The van der Waals surface area contributed by atoms with Gasteiger partial charge in [0.05, 0.1) is 6.04 Å². The molecule has 0 amide bonds. The van der Waals surface area contributed by atoms with E-state index < -0.39 is 0 Å². The second-order valence-corrected chi connectivity index (χ2v) is 5.73. The molecule has 0 aliphatic heterocycles. The maximum absolute atomic E-state index is 5.67. The van der Waals surface area contributed by atoms with Crippen LogP contribution in [0.1, 0.15) is 35.0 Å². The standard InChI is InChI=1S/C13H20N4S/c1-3-7-17-8-6-15-13(17)9-11(16-14)12-5-4-10(2)18-12/h4-6,8,11,16H,3,7,9,14H2,1-2H3. The summed E-state index contributed by atoms with van der Waals surface area (Å²) in [6.07, 6.45) is 5.83. The van der Waals surface area contributed by atoms with Crippen LogP contribution in [0.15, 0.2) is 24.5 Å². The van der Waals surface area contributed by atoms with Crippen LogP contribution in [0.2, 0.25) is 0 Å². The molecule has 1 unspecified atom stereocenters. The SMILES string of the molecule is CCCn1ccnc1CC(NN)c1ccc(C)s1. The highest BCUT2D eigenvalue weighted by molar-refractivity contribution is 7.12. The van der Waals surface area contributed by atoms with Crippen molar-refractivity contribution in [3.63, 3.8) is 0 Å². The number of thiophene rings is 1. The van der Waals surface area contributed by atoms with Crippen LogP contribution in [0.3, 0.4) is 0 Å². The molecule has 0 saturated heterocycles. The molecular weight excluding hydrogens is 244 g/mol. The quantitative estimate of drug-likeness (QED) is 0.622. The number of rotatable bonds is 6. The molecule has 0 bridgehead atoms. The van der Waals surface area contributed by atoms with Gasteiger partial charge in [-0.25, -0.2) is 4.98 Å². The summed E-state index contributed by atoms with van der Waals surface area (Å²) in [4.78, 5) is 7.00. The second-order valence-electron chi connectivity index (χ2n) is 4.41. The smallest absolute Gasteiger partial charge is 0.110 e. The Bertz CT molecular complexity index is 489. The van der Waals surface area contributed by atoms with Crippen LogP contribution in [0, 0.1) is 6.92 Å². The Morgan fingerprint density at radius 1 is 1.50 bits per heavy atom. The summed E-state index contributed by atoms with van der Waals surface area (Å²) in [6, 6.07) is 4.40. The van der Waals surface area contributed by atoms with Gasteiger partial charge >= 0.3 is 0 Å². The van der Waals surface area contributed by atoms with Gasteiger partial charge in [-0.15, -0.1) is 11.3 Å². The number of aromatic nitrogens is 2. The summed E-state index contributed by atoms with van der Waals surface area (Å²) in [7, 11) is 0. The van der Waals surface area contributed by atoms with Gasteiger partial charge in [0, 0.05) is 35.1 Å². The molecule has 0 aromatic carbocycles. The van der Waals surface area contributed by atoms with Gasteiger partial charge in [0.2, 0.25) is 0 Å². The minimum atomic E-state index is 0.140. The molecule has 2 aromatic heterocycles. The molecule has 2 aromatic rings. The van der Waals surface area contributed by atoms with E-state index in [1.165, 1.54) is 9.75 Å². The fourth-order valence-electron chi connectivity index (χ4n) is 2.04. The molecule has 2 rings (SSSR count). The summed E-state index contributed by atoms with van der Waals surface area (Å²) >= 11 is 1.78. The summed E-state index contributed by atoms with van der Waals surface area (Å²) in [5.74, 6) is 6.76. The van der Waals surface area contributed by atoms with E-state index in [-0.39, 0.29) is 6.04 Å². The van der Waals surface area contributed by atoms with Crippen molar-refractivity contribution in [2.24, 2.45) is 5.84 Å². The van der Waals surface area contributed by atoms with Gasteiger partial charge in [0.1, 0.15) is 5.82 Å². The van der Waals surface area contributed by atoms with Crippen molar-refractivity contribution >= 4 is 11.3 Å². The van der Waals surface area contributed by atoms with Gasteiger partial charge in [0.25, 0.3) is 0 Å². The van der Waals surface area contributed by atoms with Crippen LogP contribution in [-0.2, 0) is 13.0 Å². The number of nitrogens with two attached hydrogens (primary N) is 1. The van der Waals surface area contributed by atoms with Crippen molar-refractivity contribution in [2.45, 2.75) is 39.3 Å². The molecule has 0 fully saturated rings. The van der Waals surface area contributed by atoms with Gasteiger partial charge in [-0.05, 0) is 25.5 Å². The first kappa shape index (κ1) is 13.3. The van der Waals surface area contributed by atoms with E-state index in [1.54, 1.807) is 11.3 Å². The number of hydrogen-bond acceptors (Lipinski definition) is 4. The number of hydrogen-bond donors (Lipinski definition) is 2. The lowest BCUT2D eigenvalue weighted by Gasteiger charge is -2.15. The Labute approximate surface area is 112 Å². The van der Waals surface area contributed by atoms with E-state index >= 15 is 0 Å². The highest BCUT2D eigenvalue weighted by Gasteiger charge is 2.15. The Morgan fingerprint density at radius 3 is 2.94 bits per heavy atom. The van der Waals surface area contributed by atoms with Gasteiger partial charge < -0.3 is 4.57 Å². The largest absolute Gasteiger partial charge is 0.335 e. The molecule has 0 aliphatic carbocycles. The maximum atomic E-state index is 5.67. The van der Waals surface area contributed by atoms with Crippen molar-refractivity contribution in [3.8, 4) is 0 Å². The average molecular weight is 264 g/mol. The molecule has 4 nitrogen and oxygen atoms in total. The maximum Gasteiger partial charge on any atom is 0.110 e. The summed E-state index contributed by atoms with van der Waals surface area (Å²) in [5, 5.41) is 0. The van der Waals surface area contributed by atoms with Crippen molar-refractivity contribution in [3.05, 3.63) is 40.1 Å². The third kappa shape index (κ3) is 2.98. The normalized spacial score (nSPS) is 12.8. The minimum absolute atomic E-state index is 0.140. The fourth-order valence-corrected chi connectivity index (χ4v) is 2.98. The highest BCUT2D eigenvalue weighted by Crippen LogP contribution is 2.24. The lowest BCUT2D eigenvalue weighted by Crippen LogP contribution is -2.29. The zero-order valence-electron chi connectivity index (χ0n) is 10.9. The molecule has 18 heavy (non-hydrogen) atoms. The molecule has 98 valence electrons. The monoisotopic (exact) mass is 264 g/mol. The topological polar surface area (TPSA) is 55.9 Å². The third-order valence-corrected chi connectivity index (χ3v) is 4.07. The van der Waals surface area contributed by atoms with Crippen LogP contribution in [0.5, 0.6) is 0 Å². The van der Waals surface area contributed by atoms with E-state index in [9.17, 15) is 0 Å². The van der Waals surface area contributed by atoms with Crippen molar-refractivity contribution < 1.29 is 0 Å². The lowest BCUT2D eigenvalue weighted by molar-refractivity contribution is 0.523. The molecule has 0 spiro atoms. The average Bonchev–Trinajstić information content (AvgIpc) is 2.96. The minimum Gasteiger partial charge on any atom is -0.335 e. The Morgan fingerprint density at radius 2 is 2.33 bits per heavy atom. The number of hydrazine groups is 1. The first-order chi connectivity index (χ1) is 8.74. The van der Waals surface area contributed by atoms with E-state index in [4.69, 9.17) is 5.84 Å². The molecule has 3 N–H and O–H groups in total. The number of nitrogens with one attached hydrogen (secondary N) is 1. The number of aryl methyl sites for hydroxylation is 2. The first-order valence-electron chi connectivity index (χ1n) is 6.27. The molecule has 1 atom stereocenters. The van der Waals surface area contributed by atoms with Gasteiger partial charge in [0.15, 0.2) is 0 Å². The lowest BCUT2D eigenvalue weighted by atomic mass is 10.1. The van der Waals surface area contributed by atoms with Crippen LogP contribution in [0.25, 0.3) is 0 Å². The summed E-state index contributed by atoms with van der Waals surface area (Å²) in [6.45, 7) is 5.29. The molecule has 0 saturated carbocycles. The van der Waals surface area contributed by atoms with Crippen molar-refractivity contribution in [2.75, 3.05) is 0 Å². The van der Waals surface area contributed by atoms with Crippen molar-refractivity contribution in [1.82, 2.24) is 15.0 Å². The predicted octanol–water partition coefficient (Wildman–Crippen LogP) is 2.41. The van der Waals surface area contributed by atoms with Crippen LogP contribution < -0.4 is 11.3 Å². The predicted molar refractivity (Wildman–Crippen MR) is 75.3 cm³/mol. The van der Waals surface area contributed by atoms with Gasteiger partial charge in [-0.1, -0.05) is 6.92 Å². The van der Waals surface area contributed by atoms with E-state index in [1.807, 2.05) is 12.4 Å². The van der Waals surface area contributed by atoms with Crippen LogP contribution in [-0.4, -0.2) is 9.55 Å². The Balaban J connectivity index is 2.12. The zero-order valence-corrected chi connectivity index (χ0v) is 11.7. The Kier molecular flexibility index (Phi) is 4.52. The van der Waals surface area contributed by atoms with Gasteiger partial charge in [-0.2, -0.15) is 0 Å². The zero-order chi connectivity index (χ0) is 13.0. The first-order valence-corrected chi connectivity index (χ1v) is 7.08. The molecule has 0 radical (unpaired) electrons.